The van der Waals surface area contributed by atoms with E-state index in [-0.39, 0.29) is 18.0 Å². The fourth-order valence-corrected chi connectivity index (χ4v) is 1.81. The van der Waals surface area contributed by atoms with Crippen molar-refractivity contribution in [2.45, 2.75) is 39.3 Å². The number of benzene rings is 1. The van der Waals surface area contributed by atoms with E-state index in [1.54, 1.807) is 0 Å². The van der Waals surface area contributed by atoms with Crippen molar-refractivity contribution in [3.05, 3.63) is 34.3 Å². The number of halogens is 1. The molecule has 4 heteroatoms. The minimum Gasteiger partial charge on any atom is -0.353 e. The van der Waals surface area contributed by atoms with Crippen LogP contribution in [-0.2, 0) is 4.79 Å². The molecule has 1 rings (SSSR count). The molecule has 0 spiro atoms. The Kier molecular flexibility index (Phi) is 6.36. The molecule has 0 bridgehead atoms. The van der Waals surface area contributed by atoms with E-state index in [0.29, 0.717) is 6.54 Å². The molecule has 18 heavy (non-hydrogen) atoms. The molecule has 1 aromatic rings. The van der Waals surface area contributed by atoms with E-state index < -0.39 is 0 Å². The number of carbonyl (C=O) groups excluding carboxylic acids is 1. The van der Waals surface area contributed by atoms with Crippen molar-refractivity contribution in [3.63, 3.8) is 0 Å². The van der Waals surface area contributed by atoms with Crippen LogP contribution >= 0.6 is 15.9 Å². The van der Waals surface area contributed by atoms with Crippen LogP contribution in [0.1, 0.15) is 38.8 Å². The minimum absolute atomic E-state index is 0.0494. The van der Waals surface area contributed by atoms with E-state index in [1.807, 2.05) is 31.2 Å². The van der Waals surface area contributed by atoms with Crippen LogP contribution in [0.4, 0.5) is 0 Å². The summed E-state index contributed by atoms with van der Waals surface area (Å²) in [5.41, 5.74) is 1.18. The second kappa shape index (κ2) is 7.54. The molecule has 2 atom stereocenters. The van der Waals surface area contributed by atoms with Gasteiger partial charge in [0.15, 0.2) is 0 Å². The maximum Gasteiger partial charge on any atom is 0.234 e. The molecule has 100 valence electrons. The molecule has 0 fully saturated rings. The molecule has 0 aliphatic heterocycles. The molecule has 0 aliphatic rings. The van der Waals surface area contributed by atoms with Gasteiger partial charge in [-0.25, -0.2) is 0 Å². The van der Waals surface area contributed by atoms with E-state index >= 15 is 0 Å². The molecule has 0 saturated carbocycles. The van der Waals surface area contributed by atoms with Crippen LogP contribution < -0.4 is 10.6 Å². The van der Waals surface area contributed by atoms with Gasteiger partial charge in [0.25, 0.3) is 0 Å². The summed E-state index contributed by atoms with van der Waals surface area (Å²) in [6.45, 7) is 6.47. The summed E-state index contributed by atoms with van der Waals surface area (Å²) in [4.78, 5) is 11.6. The molecule has 1 aromatic carbocycles. The topological polar surface area (TPSA) is 41.1 Å². The van der Waals surface area contributed by atoms with Crippen molar-refractivity contribution in [3.8, 4) is 0 Å². The Balaban J connectivity index is 2.39. The zero-order chi connectivity index (χ0) is 13.5. The smallest absolute Gasteiger partial charge is 0.234 e. The predicted octanol–water partition coefficient (Wildman–Crippen LogP) is 3.01. The molecule has 2 N–H and O–H groups in total. The molecule has 0 heterocycles. The summed E-state index contributed by atoms with van der Waals surface area (Å²) in [6.07, 6.45) is 0.952. The molecule has 3 nitrogen and oxygen atoms in total. The van der Waals surface area contributed by atoms with Gasteiger partial charge in [0.05, 0.1) is 6.54 Å². The lowest BCUT2D eigenvalue weighted by Gasteiger charge is -2.16. The second-order valence-electron chi connectivity index (χ2n) is 4.53. The molecule has 0 saturated heterocycles. The lowest BCUT2D eigenvalue weighted by Crippen LogP contribution is -2.39. The van der Waals surface area contributed by atoms with E-state index in [1.165, 1.54) is 5.56 Å². The third kappa shape index (κ3) is 5.19. The van der Waals surface area contributed by atoms with Crippen LogP contribution in [0.25, 0.3) is 0 Å². The summed E-state index contributed by atoms with van der Waals surface area (Å²) >= 11 is 3.41. The highest BCUT2D eigenvalue weighted by Gasteiger charge is 2.09. The number of carbonyl (C=O) groups is 1. The highest BCUT2D eigenvalue weighted by atomic mass is 79.9. The minimum atomic E-state index is 0.0494. The Labute approximate surface area is 117 Å². The summed E-state index contributed by atoms with van der Waals surface area (Å²) in [7, 11) is 0. The fraction of sp³-hybridized carbons (Fsp3) is 0.500. The molecule has 1 unspecified atom stereocenters. The van der Waals surface area contributed by atoms with Gasteiger partial charge in [0.2, 0.25) is 5.91 Å². The first-order valence-corrected chi connectivity index (χ1v) is 7.10. The van der Waals surface area contributed by atoms with Gasteiger partial charge >= 0.3 is 0 Å². The van der Waals surface area contributed by atoms with Crippen LogP contribution in [0, 0.1) is 0 Å². The lowest BCUT2D eigenvalue weighted by molar-refractivity contribution is -0.120. The van der Waals surface area contributed by atoms with Crippen LogP contribution in [0.5, 0.6) is 0 Å². The quantitative estimate of drug-likeness (QED) is 0.847. The van der Waals surface area contributed by atoms with Crippen molar-refractivity contribution in [2.24, 2.45) is 0 Å². The van der Waals surface area contributed by atoms with E-state index in [9.17, 15) is 4.79 Å². The molecule has 1 amide bonds. The normalized spacial score (nSPS) is 14.0. The Morgan fingerprint density at radius 3 is 2.44 bits per heavy atom. The van der Waals surface area contributed by atoms with Gasteiger partial charge < -0.3 is 10.6 Å². The van der Waals surface area contributed by atoms with Crippen molar-refractivity contribution in [1.29, 1.82) is 0 Å². The second-order valence-corrected chi connectivity index (χ2v) is 5.45. The molecular weight excluding hydrogens is 292 g/mol. The van der Waals surface area contributed by atoms with Crippen molar-refractivity contribution in [2.75, 3.05) is 6.54 Å². The van der Waals surface area contributed by atoms with Crippen molar-refractivity contribution < 1.29 is 4.79 Å². The Bertz CT molecular complexity index is 378. The fourth-order valence-electron chi connectivity index (χ4n) is 1.54. The maximum atomic E-state index is 11.6. The lowest BCUT2D eigenvalue weighted by atomic mass is 10.1. The monoisotopic (exact) mass is 312 g/mol. The SMILES string of the molecule is CCC(C)NC(=O)CN[C@H](C)c1ccc(Br)cc1. The van der Waals surface area contributed by atoms with E-state index in [2.05, 4.69) is 40.4 Å². The number of hydrogen-bond donors (Lipinski definition) is 2. The first-order chi connectivity index (χ1) is 8.52. The first-order valence-electron chi connectivity index (χ1n) is 6.31. The van der Waals surface area contributed by atoms with Gasteiger partial charge in [-0.1, -0.05) is 35.0 Å². The van der Waals surface area contributed by atoms with Gasteiger partial charge in [-0.2, -0.15) is 0 Å². The standard InChI is InChI=1S/C14H21BrN2O/c1-4-10(2)17-14(18)9-16-11(3)12-5-7-13(15)8-6-12/h5-8,10-11,16H,4,9H2,1-3H3,(H,17,18)/t10?,11-/m1/s1. The zero-order valence-corrected chi connectivity index (χ0v) is 12.8. The number of amides is 1. The van der Waals surface area contributed by atoms with Crippen LogP contribution in [-0.4, -0.2) is 18.5 Å². The van der Waals surface area contributed by atoms with Crippen molar-refractivity contribution >= 4 is 21.8 Å². The summed E-state index contributed by atoms with van der Waals surface area (Å²) in [6, 6.07) is 8.52. The van der Waals surface area contributed by atoms with Gasteiger partial charge in [0, 0.05) is 16.6 Å². The highest BCUT2D eigenvalue weighted by molar-refractivity contribution is 9.10. The summed E-state index contributed by atoms with van der Waals surface area (Å²) in [5.74, 6) is 0.0494. The average Bonchev–Trinajstić information content (AvgIpc) is 2.36. The number of rotatable bonds is 6. The first kappa shape index (κ1) is 15.2. The van der Waals surface area contributed by atoms with Crippen LogP contribution in [0.2, 0.25) is 0 Å². The number of hydrogen-bond acceptors (Lipinski definition) is 2. The summed E-state index contributed by atoms with van der Waals surface area (Å²) in [5, 5.41) is 6.16. The van der Waals surface area contributed by atoms with Gasteiger partial charge in [0.1, 0.15) is 0 Å². The van der Waals surface area contributed by atoms with Crippen LogP contribution in [0.3, 0.4) is 0 Å². The van der Waals surface area contributed by atoms with Gasteiger partial charge in [-0.05, 0) is 38.0 Å². The third-order valence-corrected chi connectivity index (χ3v) is 3.49. The maximum absolute atomic E-state index is 11.6. The van der Waals surface area contributed by atoms with Crippen LogP contribution in [0.15, 0.2) is 28.7 Å². The Morgan fingerprint density at radius 2 is 1.89 bits per heavy atom. The highest BCUT2D eigenvalue weighted by Crippen LogP contribution is 2.16. The number of nitrogens with one attached hydrogen (secondary N) is 2. The van der Waals surface area contributed by atoms with E-state index in [4.69, 9.17) is 0 Å². The zero-order valence-electron chi connectivity index (χ0n) is 11.2. The molecular formula is C14H21BrN2O. The Morgan fingerprint density at radius 1 is 1.28 bits per heavy atom. The average molecular weight is 313 g/mol. The molecule has 0 aromatic heterocycles. The van der Waals surface area contributed by atoms with Gasteiger partial charge in [-0.3, -0.25) is 4.79 Å². The largest absolute Gasteiger partial charge is 0.353 e. The van der Waals surface area contributed by atoms with Gasteiger partial charge in [-0.15, -0.1) is 0 Å². The van der Waals surface area contributed by atoms with Crippen molar-refractivity contribution in [1.82, 2.24) is 10.6 Å². The Hall–Kier alpha value is -0.870. The third-order valence-electron chi connectivity index (χ3n) is 2.96. The van der Waals surface area contributed by atoms with E-state index in [0.717, 1.165) is 10.9 Å². The molecule has 0 aliphatic carbocycles. The molecule has 0 radical (unpaired) electrons. The summed E-state index contributed by atoms with van der Waals surface area (Å²) < 4.78 is 1.06. The predicted molar refractivity (Wildman–Crippen MR) is 78.5 cm³/mol.